The molecule has 0 radical (unpaired) electrons. The summed E-state index contributed by atoms with van der Waals surface area (Å²) in [6.45, 7) is 2.51. The van der Waals surface area contributed by atoms with Crippen molar-refractivity contribution >= 4 is 11.9 Å². The van der Waals surface area contributed by atoms with E-state index in [1.54, 1.807) is 13.0 Å². The first kappa shape index (κ1) is 13.7. The van der Waals surface area contributed by atoms with Gasteiger partial charge in [0.2, 0.25) is 5.95 Å². The zero-order valence-corrected chi connectivity index (χ0v) is 11.3. The number of nitrogens with zero attached hydrogens (tertiary/aromatic N) is 2. The van der Waals surface area contributed by atoms with Crippen molar-refractivity contribution in [2.75, 3.05) is 12.0 Å². The quantitative estimate of drug-likeness (QED) is 0.551. The van der Waals surface area contributed by atoms with Crippen molar-refractivity contribution in [3.63, 3.8) is 0 Å². The average molecular weight is 263 g/mol. The van der Waals surface area contributed by atoms with Gasteiger partial charge in [0.25, 0.3) is 5.91 Å². The Morgan fingerprint density at radius 3 is 2.84 bits per heavy atom. The summed E-state index contributed by atoms with van der Waals surface area (Å²) in [5, 5.41) is 2.91. The summed E-state index contributed by atoms with van der Waals surface area (Å²) in [5.41, 5.74) is 3.43. The highest BCUT2D eigenvalue weighted by Gasteiger charge is 2.15. The van der Waals surface area contributed by atoms with Gasteiger partial charge >= 0.3 is 0 Å². The van der Waals surface area contributed by atoms with Crippen LogP contribution in [0, 0.1) is 12.8 Å². The first-order valence-electron chi connectivity index (χ1n) is 6.79. The van der Waals surface area contributed by atoms with E-state index in [1.807, 2.05) is 0 Å². The summed E-state index contributed by atoms with van der Waals surface area (Å²) < 4.78 is 0. The summed E-state index contributed by atoms with van der Waals surface area (Å²) in [6, 6.07) is 1.66. The first-order chi connectivity index (χ1) is 9.19. The van der Waals surface area contributed by atoms with E-state index in [9.17, 15) is 4.79 Å². The van der Waals surface area contributed by atoms with Crippen LogP contribution >= 0.6 is 0 Å². The van der Waals surface area contributed by atoms with E-state index in [4.69, 9.17) is 5.84 Å². The largest absolute Gasteiger partial charge is 0.351 e. The molecule has 6 nitrogen and oxygen atoms in total. The number of nitrogens with one attached hydrogen (secondary N) is 2. The van der Waals surface area contributed by atoms with E-state index in [0.717, 1.165) is 12.3 Å². The van der Waals surface area contributed by atoms with Crippen molar-refractivity contribution in [2.45, 2.75) is 39.0 Å². The van der Waals surface area contributed by atoms with E-state index >= 15 is 0 Å². The van der Waals surface area contributed by atoms with Crippen LogP contribution in [0.5, 0.6) is 0 Å². The number of hydrazine groups is 1. The second-order valence-electron chi connectivity index (χ2n) is 5.06. The minimum absolute atomic E-state index is 0.167. The number of carbonyl (C=O) groups is 1. The molecule has 4 N–H and O–H groups in total. The Morgan fingerprint density at radius 2 is 2.16 bits per heavy atom. The van der Waals surface area contributed by atoms with Gasteiger partial charge in [-0.15, -0.1) is 0 Å². The van der Waals surface area contributed by atoms with Crippen molar-refractivity contribution in [1.82, 2.24) is 15.3 Å². The zero-order valence-electron chi connectivity index (χ0n) is 11.3. The Bertz CT molecular complexity index is 443. The maximum Gasteiger partial charge on any atom is 0.270 e. The lowest BCUT2D eigenvalue weighted by Crippen LogP contribution is -2.27. The molecule has 0 atom stereocenters. The summed E-state index contributed by atoms with van der Waals surface area (Å²) in [4.78, 5) is 20.1. The van der Waals surface area contributed by atoms with Crippen LogP contribution in [0.25, 0.3) is 0 Å². The van der Waals surface area contributed by atoms with Crippen molar-refractivity contribution in [3.8, 4) is 0 Å². The van der Waals surface area contributed by atoms with Crippen molar-refractivity contribution < 1.29 is 4.79 Å². The molecule has 0 bridgehead atoms. The second kappa shape index (κ2) is 6.47. The van der Waals surface area contributed by atoms with Gasteiger partial charge in [0, 0.05) is 12.2 Å². The summed E-state index contributed by atoms with van der Waals surface area (Å²) >= 11 is 0. The van der Waals surface area contributed by atoms with Crippen LogP contribution in [-0.4, -0.2) is 22.4 Å². The first-order valence-corrected chi connectivity index (χ1v) is 6.79. The van der Waals surface area contributed by atoms with E-state index in [2.05, 4.69) is 20.7 Å². The molecule has 1 aromatic rings. The van der Waals surface area contributed by atoms with Crippen molar-refractivity contribution in [2.24, 2.45) is 11.8 Å². The summed E-state index contributed by atoms with van der Waals surface area (Å²) in [7, 11) is 0. The highest BCUT2D eigenvalue weighted by molar-refractivity contribution is 5.92. The summed E-state index contributed by atoms with van der Waals surface area (Å²) in [6.07, 6.45) is 6.30. The molecule has 0 aromatic carbocycles. The van der Waals surface area contributed by atoms with Crippen LogP contribution in [0.4, 0.5) is 5.95 Å². The lowest BCUT2D eigenvalue weighted by Gasteiger charge is -2.10. The summed E-state index contributed by atoms with van der Waals surface area (Å²) in [5.74, 6) is 6.13. The van der Waals surface area contributed by atoms with Gasteiger partial charge in [0.15, 0.2) is 0 Å². The highest BCUT2D eigenvalue weighted by Crippen LogP contribution is 2.26. The number of hydrogen-bond acceptors (Lipinski definition) is 5. The third-order valence-electron chi connectivity index (χ3n) is 3.53. The fraction of sp³-hybridized carbons (Fsp3) is 0.615. The number of rotatable bonds is 5. The monoisotopic (exact) mass is 263 g/mol. The Hall–Kier alpha value is -1.69. The van der Waals surface area contributed by atoms with Crippen LogP contribution in [0.3, 0.4) is 0 Å². The molecule has 0 unspecified atom stereocenters. The molecule has 1 aromatic heterocycles. The normalized spacial score (nSPS) is 15.5. The van der Waals surface area contributed by atoms with E-state index in [0.29, 0.717) is 17.9 Å². The van der Waals surface area contributed by atoms with Gasteiger partial charge in [-0.1, -0.05) is 25.7 Å². The Labute approximate surface area is 113 Å². The number of aryl methyl sites for hydroxylation is 1. The van der Waals surface area contributed by atoms with E-state index < -0.39 is 0 Å². The smallest absolute Gasteiger partial charge is 0.270 e. The topological polar surface area (TPSA) is 92.9 Å². The number of hydrogen-bond donors (Lipinski definition) is 3. The fourth-order valence-corrected chi connectivity index (χ4v) is 2.53. The van der Waals surface area contributed by atoms with Gasteiger partial charge in [-0.25, -0.2) is 15.8 Å². The molecule has 1 amide bonds. The number of amides is 1. The van der Waals surface area contributed by atoms with E-state index in [-0.39, 0.29) is 11.9 Å². The van der Waals surface area contributed by atoms with Crippen LogP contribution in [-0.2, 0) is 0 Å². The Kier molecular flexibility index (Phi) is 4.68. The van der Waals surface area contributed by atoms with E-state index in [1.165, 1.54) is 25.7 Å². The zero-order chi connectivity index (χ0) is 13.7. The predicted molar refractivity (Wildman–Crippen MR) is 73.5 cm³/mol. The van der Waals surface area contributed by atoms with Gasteiger partial charge < -0.3 is 5.32 Å². The molecule has 1 saturated carbocycles. The van der Waals surface area contributed by atoms with Crippen LogP contribution in [0.15, 0.2) is 6.07 Å². The van der Waals surface area contributed by atoms with Crippen LogP contribution in [0.2, 0.25) is 0 Å². The van der Waals surface area contributed by atoms with Gasteiger partial charge in [0.1, 0.15) is 5.69 Å². The number of nitrogens with two attached hydrogens (primary N) is 1. The molecule has 6 heteroatoms. The lowest BCUT2D eigenvalue weighted by atomic mass is 10.0. The molecule has 19 heavy (non-hydrogen) atoms. The predicted octanol–water partition coefficient (Wildman–Crippen LogP) is 1.38. The van der Waals surface area contributed by atoms with Gasteiger partial charge in [0.05, 0.1) is 0 Å². The van der Waals surface area contributed by atoms with Crippen LogP contribution in [0.1, 0.15) is 48.3 Å². The van der Waals surface area contributed by atoms with Crippen molar-refractivity contribution in [3.05, 3.63) is 17.5 Å². The maximum atomic E-state index is 12.0. The molecule has 0 aliphatic heterocycles. The molecule has 1 aliphatic rings. The molecule has 1 aliphatic carbocycles. The number of anilines is 1. The van der Waals surface area contributed by atoms with Gasteiger partial charge in [-0.3, -0.25) is 10.2 Å². The number of carbonyl (C=O) groups excluding carboxylic acids is 1. The molecule has 2 rings (SSSR count). The second-order valence-corrected chi connectivity index (χ2v) is 5.06. The third kappa shape index (κ3) is 3.89. The van der Waals surface area contributed by atoms with Gasteiger partial charge in [-0.05, 0) is 25.3 Å². The SMILES string of the molecule is Cc1cc(C(=O)NCCC2CCCC2)nc(NN)n1. The fourth-order valence-electron chi connectivity index (χ4n) is 2.53. The van der Waals surface area contributed by atoms with Gasteiger partial charge in [-0.2, -0.15) is 0 Å². The minimum Gasteiger partial charge on any atom is -0.351 e. The molecule has 0 saturated heterocycles. The molecular weight excluding hydrogens is 242 g/mol. The lowest BCUT2D eigenvalue weighted by molar-refractivity contribution is 0.0946. The minimum atomic E-state index is -0.167. The standard InChI is InChI=1S/C13H21N5O/c1-9-8-11(17-13(16-9)18-14)12(19)15-7-6-10-4-2-3-5-10/h8,10H,2-7,14H2,1H3,(H,15,19)(H,16,17,18). The Morgan fingerprint density at radius 1 is 1.42 bits per heavy atom. The maximum absolute atomic E-state index is 12.0. The average Bonchev–Trinajstić information content (AvgIpc) is 2.91. The number of aromatic nitrogens is 2. The number of nitrogen functional groups attached to an aromatic ring is 1. The molecular formula is C13H21N5O. The third-order valence-corrected chi connectivity index (χ3v) is 3.53. The molecule has 1 heterocycles. The molecule has 0 spiro atoms. The Balaban J connectivity index is 1.86. The van der Waals surface area contributed by atoms with Crippen molar-refractivity contribution in [1.29, 1.82) is 0 Å². The molecule has 1 fully saturated rings. The highest BCUT2D eigenvalue weighted by atomic mass is 16.1. The molecule has 104 valence electrons. The van der Waals surface area contributed by atoms with Crippen LogP contribution < -0.4 is 16.6 Å².